The van der Waals surface area contributed by atoms with E-state index in [0.29, 0.717) is 38.2 Å². The van der Waals surface area contributed by atoms with E-state index in [9.17, 15) is 8.42 Å². The molecule has 3 rings (SSSR count). The molecule has 0 radical (unpaired) electrons. The first-order valence-electron chi connectivity index (χ1n) is 9.92. The van der Waals surface area contributed by atoms with Crippen molar-refractivity contribution in [2.24, 2.45) is 4.99 Å². The second-order valence-corrected chi connectivity index (χ2v) is 9.02. The highest BCUT2D eigenvalue weighted by Gasteiger charge is 2.27. The topological polar surface area (TPSA) is 89.9 Å². The molecule has 1 aliphatic carbocycles. The summed E-state index contributed by atoms with van der Waals surface area (Å²) < 4.78 is 26.9. The van der Waals surface area contributed by atoms with E-state index in [1.54, 1.807) is 10.5 Å². The van der Waals surface area contributed by atoms with Gasteiger partial charge in [-0.25, -0.2) is 13.4 Å². The van der Waals surface area contributed by atoms with Crippen molar-refractivity contribution in [1.82, 2.24) is 19.9 Å². The van der Waals surface area contributed by atoms with Crippen LogP contribution in [0, 0.1) is 0 Å². The number of pyridine rings is 1. The fourth-order valence-electron chi connectivity index (χ4n) is 3.39. The lowest BCUT2D eigenvalue weighted by Gasteiger charge is -2.34. The van der Waals surface area contributed by atoms with Crippen molar-refractivity contribution in [1.29, 1.82) is 0 Å². The number of piperazine rings is 1. The Morgan fingerprint density at radius 1 is 1.21 bits per heavy atom. The quantitative estimate of drug-likeness (QED) is 0.396. The Balaban J connectivity index is 1.49. The van der Waals surface area contributed by atoms with Crippen molar-refractivity contribution in [3.63, 3.8) is 0 Å². The van der Waals surface area contributed by atoms with Gasteiger partial charge < -0.3 is 15.5 Å². The zero-order valence-electron chi connectivity index (χ0n) is 16.4. The zero-order chi connectivity index (χ0) is 19.8. The normalized spacial score (nSPS) is 19.2. The summed E-state index contributed by atoms with van der Waals surface area (Å²) in [5.41, 5.74) is 0. The molecule has 154 valence electrons. The minimum Gasteiger partial charge on any atom is -0.357 e. The Morgan fingerprint density at radius 3 is 2.61 bits per heavy atom. The van der Waals surface area contributed by atoms with Crippen LogP contribution in [0.1, 0.15) is 19.8 Å². The van der Waals surface area contributed by atoms with Crippen LogP contribution in [0.2, 0.25) is 0 Å². The first-order valence-corrected chi connectivity index (χ1v) is 11.5. The molecule has 0 unspecified atom stereocenters. The molecular formula is C19H30N6O2S. The molecule has 0 atom stereocenters. The number of rotatable bonds is 7. The molecule has 1 fully saturated rings. The maximum absolute atomic E-state index is 12.7. The van der Waals surface area contributed by atoms with Gasteiger partial charge in [0.25, 0.3) is 0 Å². The van der Waals surface area contributed by atoms with E-state index in [1.807, 2.05) is 25.1 Å². The van der Waals surface area contributed by atoms with Gasteiger partial charge in [0, 0.05) is 45.0 Å². The van der Waals surface area contributed by atoms with E-state index in [-0.39, 0.29) is 12.3 Å². The van der Waals surface area contributed by atoms with Crippen LogP contribution in [0.15, 0.2) is 41.5 Å². The van der Waals surface area contributed by atoms with Crippen LogP contribution in [0.3, 0.4) is 0 Å². The second-order valence-electron chi connectivity index (χ2n) is 6.93. The molecule has 0 spiro atoms. The minimum absolute atomic E-state index is 0.0239. The summed E-state index contributed by atoms with van der Waals surface area (Å²) in [7, 11) is -3.32. The Labute approximate surface area is 167 Å². The molecule has 0 saturated carbocycles. The van der Waals surface area contributed by atoms with Crippen LogP contribution in [0.25, 0.3) is 0 Å². The number of hydrogen-bond acceptors (Lipinski definition) is 5. The molecule has 28 heavy (non-hydrogen) atoms. The summed E-state index contributed by atoms with van der Waals surface area (Å²) in [6, 6.07) is 6.12. The smallest absolute Gasteiger partial charge is 0.216 e. The van der Waals surface area contributed by atoms with E-state index < -0.39 is 10.0 Å². The lowest BCUT2D eigenvalue weighted by Crippen LogP contribution is -2.49. The van der Waals surface area contributed by atoms with Crippen molar-refractivity contribution in [3.05, 3.63) is 36.5 Å². The van der Waals surface area contributed by atoms with E-state index in [1.165, 1.54) is 0 Å². The van der Waals surface area contributed by atoms with Gasteiger partial charge in [-0.15, -0.1) is 0 Å². The minimum atomic E-state index is -3.32. The average Bonchev–Trinajstić information content (AvgIpc) is 3.22. The monoisotopic (exact) mass is 406 g/mol. The van der Waals surface area contributed by atoms with Crippen molar-refractivity contribution in [2.45, 2.75) is 25.8 Å². The number of sulfonamides is 1. The Hall–Kier alpha value is -2.13. The number of nitrogens with zero attached hydrogens (tertiary/aromatic N) is 4. The molecule has 1 aromatic rings. The van der Waals surface area contributed by atoms with Gasteiger partial charge in [-0.05, 0) is 31.9 Å². The Morgan fingerprint density at radius 2 is 1.96 bits per heavy atom. The molecule has 8 nitrogen and oxygen atoms in total. The fraction of sp³-hybridized carbons (Fsp3) is 0.579. The van der Waals surface area contributed by atoms with Crippen molar-refractivity contribution in [3.8, 4) is 0 Å². The third kappa shape index (κ3) is 5.68. The van der Waals surface area contributed by atoms with Gasteiger partial charge in [-0.2, -0.15) is 4.31 Å². The molecule has 0 amide bonds. The number of aromatic nitrogens is 1. The van der Waals surface area contributed by atoms with Crippen LogP contribution in [-0.2, 0) is 10.0 Å². The highest BCUT2D eigenvalue weighted by molar-refractivity contribution is 7.89. The van der Waals surface area contributed by atoms with Crippen molar-refractivity contribution >= 4 is 21.8 Å². The second kappa shape index (κ2) is 9.88. The highest BCUT2D eigenvalue weighted by atomic mass is 32.2. The predicted octanol–water partition coefficient (Wildman–Crippen LogP) is 0.807. The zero-order valence-corrected chi connectivity index (χ0v) is 17.2. The predicted molar refractivity (Wildman–Crippen MR) is 113 cm³/mol. The SMILES string of the molecule is CCNC(=NCCS(=O)(=O)N1CCN(c2ccccn2)CC1)NC1CC=CC1. The summed E-state index contributed by atoms with van der Waals surface area (Å²) in [5.74, 6) is 1.61. The van der Waals surface area contributed by atoms with Crippen molar-refractivity contribution in [2.75, 3.05) is 49.9 Å². The molecule has 9 heteroatoms. The Kier molecular flexibility index (Phi) is 7.27. The van der Waals surface area contributed by atoms with Crippen LogP contribution in [0.5, 0.6) is 0 Å². The number of aliphatic imine (C=N–C) groups is 1. The van der Waals surface area contributed by atoms with E-state index in [0.717, 1.165) is 25.2 Å². The summed E-state index contributed by atoms with van der Waals surface area (Å²) >= 11 is 0. The lowest BCUT2D eigenvalue weighted by atomic mass is 10.2. The fourth-order valence-corrected chi connectivity index (χ4v) is 4.69. The number of anilines is 1. The summed E-state index contributed by atoms with van der Waals surface area (Å²) in [6.07, 6.45) is 8.01. The van der Waals surface area contributed by atoms with E-state index in [4.69, 9.17) is 0 Å². The van der Waals surface area contributed by atoms with E-state index >= 15 is 0 Å². The third-order valence-corrected chi connectivity index (χ3v) is 6.77. The largest absolute Gasteiger partial charge is 0.357 e. The van der Waals surface area contributed by atoms with Crippen LogP contribution in [-0.4, -0.2) is 74.7 Å². The first kappa shape index (κ1) is 20.6. The molecule has 1 aliphatic heterocycles. The standard InChI is InChI=1S/C19H30N6O2S/c1-2-20-19(23-17-7-3-4-8-17)22-11-16-28(26,27)25-14-12-24(13-15-25)18-9-5-6-10-21-18/h3-6,9-10,17H,2,7-8,11-16H2,1H3,(H2,20,22,23). The maximum Gasteiger partial charge on any atom is 0.216 e. The van der Waals surface area contributed by atoms with Gasteiger partial charge in [0.05, 0.1) is 12.3 Å². The molecule has 1 saturated heterocycles. The molecule has 1 aromatic heterocycles. The highest BCUT2D eigenvalue weighted by Crippen LogP contribution is 2.15. The Bertz CT molecular complexity index is 765. The number of hydrogen-bond donors (Lipinski definition) is 2. The van der Waals surface area contributed by atoms with Crippen LogP contribution >= 0.6 is 0 Å². The van der Waals surface area contributed by atoms with Crippen LogP contribution in [0.4, 0.5) is 5.82 Å². The van der Waals surface area contributed by atoms with Crippen molar-refractivity contribution < 1.29 is 8.42 Å². The summed E-state index contributed by atoms with van der Waals surface area (Å²) in [5, 5.41) is 6.55. The molecule has 0 bridgehead atoms. The lowest BCUT2D eigenvalue weighted by molar-refractivity contribution is 0.384. The third-order valence-electron chi connectivity index (χ3n) is 4.92. The van der Waals surface area contributed by atoms with Gasteiger partial charge in [-0.1, -0.05) is 18.2 Å². The number of nitrogens with one attached hydrogen (secondary N) is 2. The van der Waals surface area contributed by atoms with Gasteiger partial charge in [0.15, 0.2) is 5.96 Å². The molecule has 2 heterocycles. The number of guanidine groups is 1. The van der Waals surface area contributed by atoms with Gasteiger partial charge in [0.2, 0.25) is 10.0 Å². The van der Waals surface area contributed by atoms with Gasteiger partial charge in [-0.3, -0.25) is 4.99 Å². The first-order chi connectivity index (χ1) is 13.6. The van der Waals surface area contributed by atoms with Gasteiger partial charge in [0.1, 0.15) is 5.82 Å². The van der Waals surface area contributed by atoms with E-state index in [2.05, 4.69) is 37.7 Å². The molecule has 2 N–H and O–H groups in total. The van der Waals surface area contributed by atoms with Crippen LogP contribution < -0.4 is 15.5 Å². The molecular weight excluding hydrogens is 376 g/mol. The summed E-state index contributed by atoms with van der Waals surface area (Å²) in [4.78, 5) is 10.9. The summed E-state index contributed by atoms with van der Waals surface area (Å²) in [6.45, 7) is 5.26. The molecule has 0 aromatic carbocycles. The van der Waals surface area contributed by atoms with Gasteiger partial charge >= 0.3 is 0 Å². The molecule has 2 aliphatic rings. The maximum atomic E-state index is 12.7. The average molecular weight is 407 g/mol.